The minimum Gasteiger partial charge on any atom is -1.00 e. The van der Waals surface area contributed by atoms with E-state index in [9.17, 15) is 0 Å². The summed E-state index contributed by atoms with van der Waals surface area (Å²) >= 11 is 0. The molecule has 0 fully saturated rings. The van der Waals surface area contributed by atoms with Crippen LogP contribution in [0.5, 0.6) is 0 Å². The number of rotatable bonds is 0. The van der Waals surface area contributed by atoms with E-state index in [4.69, 9.17) is 15.0 Å². The van der Waals surface area contributed by atoms with Gasteiger partial charge in [-0.05, 0) is 6.16 Å². The van der Waals surface area contributed by atoms with Crippen molar-refractivity contribution in [3.63, 3.8) is 0 Å². The van der Waals surface area contributed by atoms with Gasteiger partial charge in [0.05, 0.1) is 0 Å². The molecule has 0 bridgehead atoms. The van der Waals surface area contributed by atoms with Crippen LogP contribution >= 0.6 is 0 Å². The molecule has 0 aromatic heterocycles. The van der Waals surface area contributed by atoms with Crippen LogP contribution < -0.4 is 164 Å². The van der Waals surface area contributed by atoms with Gasteiger partial charge in [0.25, 0.3) is 0 Å². The summed E-state index contributed by atoms with van der Waals surface area (Å²) in [6.45, 7) is 0. The van der Waals surface area contributed by atoms with E-state index >= 15 is 0 Å². The molecule has 0 spiro atoms. The van der Waals surface area contributed by atoms with Gasteiger partial charge in [-0.25, -0.2) is 0 Å². The Morgan fingerprint density at radius 1 is 1.14 bits per heavy atom. The molecule has 0 aromatic rings. The van der Waals surface area contributed by atoms with Crippen LogP contribution in [0.3, 0.4) is 0 Å². The van der Waals surface area contributed by atoms with Crippen molar-refractivity contribution in [2.75, 3.05) is 0 Å². The quantitative estimate of drug-likeness (QED) is 0.346. The smallest absolute Gasteiger partial charge is 1.00 e. The van der Waals surface area contributed by atoms with E-state index in [1.165, 1.54) is 0 Å². The zero-order chi connectivity index (χ0) is 3.58. The summed E-state index contributed by atoms with van der Waals surface area (Å²) in [5.41, 5.74) is 0. The first-order chi connectivity index (χ1) is 1.73. The molecule has 0 amide bonds. The van der Waals surface area contributed by atoms with E-state index < -0.39 is 6.16 Å². The van der Waals surface area contributed by atoms with Crippen molar-refractivity contribution >= 4 is 6.16 Å². The predicted molar refractivity (Wildman–Crippen MR) is 6.51 cm³/mol. The first kappa shape index (κ1) is 22.5. The van der Waals surface area contributed by atoms with E-state index in [2.05, 4.69) is 0 Å². The Morgan fingerprint density at radius 3 is 1.14 bits per heavy atom. The van der Waals surface area contributed by atoms with Crippen molar-refractivity contribution in [2.45, 2.75) is 0 Å². The second kappa shape index (κ2) is 16.6. The molecule has 0 heterocycles. The van der Waals surface area contributed by atoms with Gasteiger partial charge < -0.3 is 16.4 Å². The summed E-state index contributed by atoms with van der Waals surface area (Å²) in [5, 5.41) is 16.7. The normalized spacial score (nSPS) is 3.43. The van der Waals surface area contributed by atoms with Gasteiger partial charge in [-0.3, -0.25) is 0 Å². The van der Waals surface area contributed by atoms with Crippen LogP contribution in [0.25, 0.3) is 0 Å². The Labute approximate surface area is 171 Å². The van der Waals surface area contributed by atoms with Crippen molar-refractivity contribution in [2.24, 2.45) is 0 Å². The molecule has 0 N–H and O–H groups in total. The maximum atomic E-state index is 8.33. The van der Waals surface area contributed by atoms with Gasteiger partial charge in [0.1, 0.15) is 0 Å². The Kier molecular flexibility index (Phi) is 53.4. The number of hydrogen-bond donors (Lipinski definition) is 0. The summed E-state index contributed by atoms with van der Waals surface area (Å²) in [6, 6.07) is 0. The van der Waals surface area contributed by atoms with E-state index in [0.29, 0.717) is 0 Å². The van der Waals surface area contributed by atoms with Crippen LogP contribution in [0.1, 0.15) is 1.43 Å². The maximum absolute atomic E-state index is 8.33. The Morgan fingerprint density at radius 2 is 1.14 bits per heavy atom. The standard InChI is InChI=1S/CH2O3.3K.H/c2-1(3)4;;;;/h(H2,2,3,4);;;;/q;3*+1;-1/p-2. The van der Waals surface area contributed by atoms with Crippen LogP contribution in [0.15, 0.2) is 0 Å². The molecule has 0 unspecified atom stereocenters. The Hall–Kier alpha value is 4.18. The fraction of sp³-hybridized carbons (Fsp3) is 0. The number of carbonyl (C=O) groups excluding carboxylic acids is 1. The van der Waals surface area contributed by atoms with Crippen LogP contribution in [0.4, 0.5) is 4.79 Å². The largest absolute Gasteiger partial charge is 1.00 e. The fourth-order valence-electron chi connectivity index (χ4n) is 0. The van der Waals surface area contributed by atoms with E-state index in [-0.39, 0.29) is 156 Å². The summed E-state index contributed by atoms with van der Waals surface area (Å²) < 4.78 is 0. The number of hydrogen-bond acceptors (Lipinski definition) is 3. The molecule has 0 aliphatic heterocycles. The molecule has 26 valence electrons. The Balaban J connectivity index is -0.00000000750. The molecule has 0 radical (unpaired) electrons. The third kappa shape index (κ3) is 39.0. The molecule has 0 aliphatic rings. The SMILES string of the molecule is O=C([O-])[O-].[H-].[K+].[K+].[K+]. The van der Waals surface area contributed by atoms with Crippen molar-refractivity contribution in [1.29, 1.82) is 0 Å². The molecule has 3 nitrogen and oxygen atoms in total. The van der Waals surface area contributed by atoms with Gasteiger partial charge in [-0.1, -0.05) is 0 Å². The summed E-state index contributed by atoms with van der Waals surface area (Å²) in [6.07, 6.45) is -2.33. The van der Waals surface area contributed by atoms with Crippen LogP contribution in [0.2, 0.25) is 0 Å². The van der Waals surface area contributed by atoms with Gasteiger partial charge >= 0.3 is 154 Å². The van der Waals surface area contributed by atoms with Crippen molar-refractivity contribution in [3.05, 3.63) is 0 Å². The van der Waals surface area contributed by atoms with Crippen molar-refractivity contribution in [3.8, 4) is 0 Å². The van der Waals surface area contributed by atoms with Gasteiger partial charge in [-0.2, -0.15) is 0 Å². The first-order valence-electron chi connectivity index (χ1n) is 0.612. The van der Waals surface area contributed by atoms with E-state index in [1.54, 1.807) is 0 Å². The average molecular weight is 178 g/mol. The molecule has 0 saturated carbocycles. The molecular formula is CHK3O3. The topological polar surface area (TPSA) is 63.2 Å². The third-order valence-electron chi connectivity index (χ3n) is 0. The summed E-state index contributed by atoms with van der Waals surface area (Å²) in [7, 11) is 0. The minimum absolute atomic E-state index is 0. The zero-order valence-electron chi connectivity index (χ0n) is 5.72. The van der Waals surface area contributed by atoms with Crippen LogP contribution in [-0.2, 0) is 0 Å². The maximum Gasteiger partial charge on any atom is 1.00 e. The zero-order valence-corrected chi connectivity index (χ0v) is 14.1. The molecular weight excluding hydrogens is 177 g/mol. The molecule has 0 saturated heterocycles. The third-order valence-corrected chi connectivity index (χ3v) is 0. The molecule has 0 atom stereocenters. The molecule has 0 aromatic carbocycles. The van der Waals surface area contributed by atoms with Crippen LogP contribution in [0, 0.1) is 0 Å². The van der Waals surface area contributed by atoms with E-state index in [1.807, 2.05) is 0 Å². The number of carboxylic acid groups (broad SMARTS) is 2. The van der Waals surface area contributed by atoms with E-state index in [0.717, 1.165) is 0 Å². The summed E-state index contributed by atoms with van der Waals surface area (Å²) in [5.74, 6) is 0. The number of carbonyl (C=O) groups is 1. The van der Waals surface area contributed by atoms with Crippen molar-refractivity contribution in [1.82, 2.24) is 0 Å². The second-order valence-electron chi connectivity index (χ2n) is 0.250. The monoisotopic (exact) mass is 178 g/mol. The molecule has 0 aliphatic carbocycles. The van der Waals surface area contributed by atoms with Gasteiger partial charge in [-0.15, -0.1) is 0 Å². The second-order valence-corrected chi connectivity index (χ2v) is 0.250. The molecule has 6 heteroatoms. The van der Waals surface area contributed by atoms with Crippen molar-refractivity contribution < 1.29 is 171 Å². The molecule has 7 heavy (non-hydrogen) atoms. The average Bonchev–Trinajstić information content (AvgIpc) is 0.811. The van der Waals surface area contributed by atoms with Gasteiger partial charge in [0, 0.05) is 0 Å². The summed E-state index contributed by atoms with van der Waals surface area (Å²) in [4.78, 5) is 8.33. The fourth-order valence-corrected chi connectivity index (χ4v) is 0. The van der Waals surface area contributed by atoms with Crippen LogP contribution in [-0.4, -0.2) is 6.16 Å². The minimum atomic E-state index is -2.33. The predicted octanol–water partition coefficient (Wildman–Crippen LogP) is -11.3. The van der Waals surface area contributed by atoms with Gasteiger partial charge in [0.2, 0.25) is 0 Å². The van der Waals surface area contributed by atoms with Gasteiger partial charge in [0.15, 0.2) is 0 Å². The Bertz CT molecular complexity index is 37.5. The first-order valence-corrected chi connectivity index (χ1v) is 0.612. The molecule has 0 rings (SSSR count).